The Labute approximate surface area is 80.3 Å². The molecule has 0 aliphatic heterocycles. The molecule has 1 aliphatic rings. The van der Waals surface area contributed by atoms with E-state index in [9.17, 15) is 15.2 Å². The first-order valence-corrected chi connectivity index (χ1v) is 4.32. The first kappa shape index (κ1) is 8.96. The zero-order valence-corrected chi connectivity index (χ0v) is 7.38. The van der Waals surface area contributed by atoms with Crippen molar-refractivity contribution in [2.45, 2.75) is 18.4 Å². The second-order valence-electron chi connectivity index (χ2n) is 3.51. The van der Waals surface area contributed by atoms with E-state index in [0.717, 1.165) is 12.0 Å². The van der Waals surface area contributed by atoms with Gasteiger partial charge in [0.1, 0.15) is 0 Å². The van der Waals surface area contributed by atoms with Crippen molar-refractivity contribution < 1.29 is 10.0 Å². The molecule has 5 heteroatoms. The molecule has 1 fully saturated rings. The standard InChI is InChI=1S/C9H10N2O3/c10-7-4-6(7)5-1-2-9(12)8(3-5)11(13)14/h1-3,6-7,12H,4,10H2/t6-,7+/m0/s1. The monoisotopic (exact) mass is 194 g/mol. The fraction of sp³-hybridized carbons (Fsp3) is 0.333. The van der Waals surface area contributed by atoms with E-state index < -0.39 is 4.92 Å². The molecular formula is C9H10N2O3. The highest BCUT2D eigenvalue weighted by atomic mass is 16.6. The minimum absolute atomic E-state index is 0.110. The Kier molecular flexibility index (Phi) is 1.89. The Morgan fingerprint density at radius 2 is 2.21 bits per heavy atom. The van der Waals surface area contributed by atoms with Crippen LogP contribution >= 0.6 is 0 Å². The topological polar surface area (TPSA) is 89.4 Å². The maximum Gasteiger partial charge on any atom is 0.310 e. The SMILES string of the molecule is N[C@@H]1C[C@H]1c1ccc(O)c([N+](=O)[O-])c1. The van der Waals surface area contributed by atoms with E-state index in [2.05, 4.69) is 0 Å². The van der Waals surface area contributed by atoms with Gasteiger partial charge in [-0.1, -0.05) is 6.07 Å². The first-order chi connectivity index (χ1) is 6.59. The van der Waals surface area contributed by atoms with Gasteiger partial charge in [-0.05, 0) is 18.1 Å². The van der Waals surface area contributed by atoms with Crippen molar-refractivity contribution in [3.05, 3.63) is 33.9 Å². The van der Waals surface area contributed by atoms with E-state index in [1.807, 2.05) is 0 Å². The van der Waals surface area contributed by atoms with Gasteiger partial charge < -0.3 is 10.8 Å². The van der Waals surface area contributed by atoms with Crippen LogP contribution in [-0.4, -0.2) is 16.1 Å². The number of phenolic OH excluding ortho intramolecular Hbond substituents is 1. The van der Waals surface area contributed by atoms with E-state index in [1.54, 1.807) is 6.07 Å². The third kappa shape index (κ3) is 1.42. The Bertz CT molecular complexity index is 392. The normalized spacial score (nSPS) is 24.6. The quantitative estimate of drug-likeness (QED) is 0.545. The van der Waals surface area contributed by atoms with Gasteiger partial charge in [0.2, 0.25) is 0 Å². The largest absolute Gasteiger partial charge is 0.502 e. The number of benzene rings is 1. The lowest BCUT2D eigenvalue weighted by Crippen LogP contribution is -2.01. The summed E-state index contributed by atoms with van der Waals surface area (Å²) in [5, 5.41) is 19.7. The van der Waals surface area contributed by atoms with E-state index in [4.69, 9.17) is 5.73 Å². The summed E-state index contributed by atoms with van der Waals surface area (Å²) in [6, 6.07) is 4.53. The van der Waals surface area contributed by atoms with Crippen molar-refractivity contribution in [3.63, 3.8) is 0 Å². The van der Waals surface area contributed by atoms with Crippen molar-refractivity contribution in [3.8, 4) is 5.75 Å². The number of nitrogens with two attached hydrogens (primary N) is 1. The van der Waals surface area contributed by atoms with Gasteiger partial charge in [-0.2, -0.15) is 0 Å². The summed E-state index contributed by atoms with van der Waals surface area (Å²) in [5.41, 5.74) is 6.22. The highest BCUT2D eigenvalue weighted by Crippen LogP contribution is 2.41. The van der Waals surface area contributed by atoms with Gasteiger partial charge in [0.15, 0.2) is 5.75 Å². The lowest BCUT2D eigenvalue weighted by Gasteiger charge is -2.00. The zero-order valence-electron chi connectivity index (χ0n) is 7.38. The Morgan fingerprint density at radius 3 is 2.71 bits per heavy atom. The number of aromatic hydroxyl groups is 1. The molecular weight excluding hydrogens is 184 g/mol. The fourth-order valence-electron chi connectivity index (χ4n) is 1.52. The molecule has 1 aliphatic carbocycles. The van der Waals surface area contributed by atoms with Crippen molar-refractivity contribution in [2.24, 2.45) is 5.73 Å². The molecule has 3 N–H and O–H groups in total. The molecule has 0 amide bonds. The number of rotatable bonds is 2. The number of nitro benzene ring substituents is 1. The number of phenols is 1. The summed E-state index contributed by atoms with van der Waals surface area (Å²) >= 11 is 0. The van der Waals surface area contributed by atoms with Gasteiger partial charge in [-0.3, -0.25) is 10.1 Å². The molecule has 5 nitrogen and oxygen atoms in total. The summed E-state index contributed by atoms with van der Waals surface area (Å²) in [7, 11) is 0. The van der Waals surface area contributed by atoms with E-state index in [0.29, 0.717) is 0 Å². The van der Waals surface area contributed by atoms with E-state index in [1.165, 1.54) is 12.1 Å². The first-order valence-electron chi connectivity index (χ1n) is 4.32. The minimum atomic E-state index is -0.591. The molecule has 1 saturated carbocycles. The summed E-state index contributed by atoms with van der Waals surface area (Å²) in [6.07, 6.45) is 0.863. The minimum Gasteiger partial charge on any atom is -0.502 e. The van der Waals surface area contributed by atoms with Crippen LogP contribution in [0.1, 0.15) is 17.9 Å². The molecule has 0 bridgehead atoms. The summed E-state index contributed by atoms with van der Waals surface area (Å²) in [6.45, 7) is 0. The van der Waals surface area contributed by atoms with Crippen LogP contribution in [-0.2, 0) is 0 Å². The molecule has 0 heterocycles. The Hall–Kier alpha value is -1.62. The van der Waals surface area contributed by atoms with Crippen LogP contribution in [0, 0.1) is 10.1 Å². The van der Waals surface area contributed by atoms with Gasteiger partial charge in [-0.25, -0.2) is 0 Å². The maximum atomic E-state index is 10.5. The average Bonchev–Trinajstić information content (AvgIpc) is 2.83. The molecule has 0 unspecified atom stereocenters. The third-order valence-corrected chi connectivity index (χ3v) is 2.46. The van der Waals surface area contributed by atoms with Crippen molar-refractivity contribution in [1.29, 1.82) is 0 Å². The third-order valence-electron chi connectivity index (χ3n) is 2.46. The summed E-state index contributed by atoms with van der Waals surface area (Å²) in [5.74, 6) is -0.0812. The van der Waals surface area contributed by atoms with Crippen LogP contribution in [0.25, 0.3) is 0 Å². The molecule has 0 aromatic heterocycles. The molecule has 0 spiro atoms. The molecule has 0 radical (unpaired) electrons. The highest BCUT2D eigenvalue weighted by molar-refractivity contribution is 5.49. The fourth-order valence-corrected chi connectivity index (χ4v) is 1.52. The van der Waals surface area contributed by atoms with Crippen LogP contribution < -0.4 is 5.73 Å². The molecule has 0 saturated heterocycles. The van der Waals surface area contributed by atoms with Crippen LogP contribution in [0.5, 0.6) is 5.75 Å². The summed E-state index contributed by atoms with van der Waals surface area (Å²) < 4.78 is 0. The number of nitrogens with zero attached hydrogens (tertiary/aromatic N) is 1. The second kappa shape index (κ2) is 2.95. The van der Waals surface area contributed by atoms with Crippen LogP contribution in [0.4, 0.5) is 5.69 Å². The van der Waals surface area contributed by atoms with Crippen molar-refractivity contribution in [2.75, 3.05) is 0 Å². The van der Waals surface area contributed by atoms with E-state index >= 15 is 0 Å². The van der Waals surface area contributed by atoms with Crippen molar-refractivity contribution in [1.82, 2.24) is 0 Å². The lowest BCUT2D eigenvalue weighted by atomic mass is 10.1. The predicted molar refractivity (Wildman–Crippen MR) is 50.1 cm³/mol. The molecule has 1 aromatic rings. The average molecular weight is 194 g/mol. The van der Waals surface area contributed by atoms with Crippen LogP contribution in [0.3, 0.4) is 0 Å². The summed E-state index contributed by atoms with van der Waals surface area (Å²) in [4.78, 5) is 9.92. The molecule has 1 aromatic carbocycles. The lowest BCUT2D eigenvalue weighted by molar-refractivity contribution is -0.385. The maximum absolute atomic E-state index is 10.5. The van der Waals surface area contributed by atoms with Gasteiger partial charge >= 0.3 is 5.69 Å². The van der Waals surface area contributed by atoms with Gasteiger partial charge in [0, 0.05) is 18.0 Å². The molecule has 14 heavy (non-hydrogen) atoms. The van der Waals surface area contributed by atoms with Gasteiger partial charge in [0.05, 0.1) is 4.92 Å². The molecule has 2 rings (SSSR count). The number of hydrogen-bond donors (Lipinski definition) is 2. The van der Waals surface area contributed by atoms with E-state index in [-0.39, 0.29) is 23.4 Å². The smallest absolute Gasteiger partial charge is 0.310 e. The Balaban J connectivity index is 2.36. The van der Waals surface area contributed by atoms with Crippen LogP contribution in [0.15, 0.2) is 18.2 Å². The van der Waals surface area contributed by atoms with Gasteiger partial charge in [0.25, 0.3) is 0 Å². The zero-order chi connectivity index (χ0) is 10.3. The second-order valence-corrected chi connectivity index (χ2v) is 3.51. The Morgan fingerprint density at radius 1 is 1.57 bits per heavy atom. The molecule has 74 valence electrons. The number of hydrogen-bond acceptors (Lipinski definition) is 4. The van der Waals surface area contributed by atoms with Gasteiger partial charge in [-0.15, -0.1) is 0 Å². The van der Waals surface area contributed by atoms with Crippen LogP contribution in [0.2, 0.25) is 0 Å². The van der Waals surface area contributed by atoms with Crippen molar-refractivity contribution >= 4 is 5.69 Å². The predicted octanol–water partition coefficient (Wildman–Crippen LogP) is 1.11. The highest BCUT2D eigenvalue weighted by Gasteiger charge is 2.35. The molecule has 2 atom stereocenters. The number of nitro groups is 1.